The van der Waals surface area contributed by atoms with Gasteiger partial charge in [0.2, 0.25) is 0 Å². The highest BCUT2D eigenvalue weighted by Gasteiger charge is 2.14. The average molecular weight is 395 g/mol. The molecule has 0 fully saturated rings. The normalized spacial score (nSPS) is 12.4. The molecule has 0 heterocycles. The number of hydrogen-bond acceptors (Lipinski definition) is 5. The van der Waals surface area contributed by atoms with E-state index in [-0.39, 0.29) is 18.1 Å². The Morgan fingerprint density at radius 2 is 1.90 bits per heavy atom. The van der Waals surface area contributed by atoms with E-state index in [4.69, 9.17) is 15.2 Å². The van der Waals surface area contributed by atoms with Crippen LogP contribution < -0.4 is 10.5 Å². The summed E-state index contributed by atoms with van der Waals surface area (Å²) in [6.45, 7) is 7.92. The van der Waals surface area contributed by atoms with Crippen molar-refractivity contribution >= 4 is 11.5 Å². The SMILES string of the molecule is CCOC(=O)Cc1c(C)cccc1O/C(C)=C/C(=C(\C)O)c1cccc(CN)c1. The largest absolute Gasteiger partial charge is 0.512 e. The van der Waals surface area contributed by atoms with Gasteiger partial charge in [-0.1, -0.05) is 30.3 Å². The lowest BCUT2D eigenvalue weighted by molar-refractivity contribution is -0.142. The first-order valence-corrected chi connectivity index (χ1v) is 9.65. The van der Waals surface area contributed by atoms with Gasteiger partial charge in [-0.05, 0) is 62.6 Å². The first-order chi connectivity index (χ1) is 13.8. The number of carbonyl (C=O) groups is 1. The van der Waals surface area contributed by atoms with Crippen LogP contribution in [0.3, 0.4) is 0 Å². The molecule has 0 saturated carbocycles. The van der Waals surface area contributed by atoms with Crippen molar-refractivity contribution in [3.8, 4) is 5.75 Å². The lowest BCUT2D eigenvalue weighted by atomic mass is 10.0. The number of allylic oxidation sites excluding steroid dienone is 4. The van der Waals surface area contributed by atoms with Crippen molar-refractivity contribution < 1.29 is 19.4 Å². The van der Waals surface area contributed by atoms with Gasteiger partial charge in [-0.25, -0.2) is 0 Å². The van der Waals surface area contributed by atoms with Crippen LogP contribution in [0.4, 0.5) is 0 Å². The zero-order valence-corrected chi connectivity index (χ0v) is 17.5. The van der Waals surface area contributed by atoms with Gasteiger partial charge in [-0.2, -0.15) is 0 Å². The van der Waals surface area contributed by atoms with Crippen LogP contribution >= 0.6 is 0 Å². The summed E-state index contributed by atoms with van der Waals surface area (Å²) in [5.74, 6) is 1.07. The van der Waals surface area contributed by atoms with Gasteiger partial charge in [0.1, 0.15) is 11.5 Å². The fourth-order valence-corrected chi connectivity index (χ4v) is 3.02. The van der Waals surface area contributed by atoms with E-state index in [9.17, 15) is 9.90 Å². The van der Waals surface area contributed by atoms with Crippen LogP contribution in [0.25, 0.3) is 5.57 Å². The lowest BCUT2D eigenvalue weighted by Crippen LogP contribution is -2.10. The maximum atomic E-state index is 12.0. The van der Waals surface area contributed by atoms with Crippen molar-refractivity contribution in [2.24, 2.45) is 5.73 Å². The molecule has 0 aliphatic heterocycles. The highest BCUT2D eigenvalue weighted by atomic mass is 16.5. The van der Waals surface area contributed by atoms with Gasteiger partial charge in [0.15, 0.2) is 0 Å². The molecule has 0 aliphatic rings. The molecule has 0 aromatic heterocycles. The maximum Gasteiger partial charge on any atom is 0.310 e. The second-order valence-corrected chi connectivity index (χ2v) is 6.79. The van der Waals surface area contributed by atoms with Crippen LogP contribution in [0.1, 0.15) is 43.0 Å². The summed E-state index contributed by atoms with van der Waals surface area (Å²) in [6, 6.07) is 13.3. The Hall–Kier alpha value is -3.05. The quantitative estimate of drug-likeness (QED) is 0.380. The number of benzene rings is 2. The summed E-state index contributed by atoms with van der Waals surface area (Å²) >= 11 is 0. The number of aryl methyl sites for hydroxylation is 1. The Bertz CT molecular complexity index is 924. The van der Waals surface area contributed by atoms with Gasteiger partial charge in [-0.15, -0.1) is 0 Å². The predicted molar refractivity (Wildman–Crippen MR) is 115 cm³/mol. The molecule has 0 atom stereocenters. The lowest BCUT2D eigenvalue weighted by Gasteiger charge is -2.14. The molecule has 2 rings (SSSR count). The summed E-state index contributed by atoms with van der Waals surface area (Å²) < 4.78 is 11.1. The molecule has 29 heavy (non-hydrogen) atoms. The molecule has 0 aliphatic carbocycles. The number of ether oxygens (including phenoxy) is 2. The highest BCUT2D eigenvalue weighted by molar-refractivity contribution is 5.76. The second kappa shape index (κ2) is 10.5. The van der Waals surface area contributed by atoms with E-state index in [0.29, 0.717) is 30.2 Å². The van der Waals surface area contributed by atoms with Crippen LogP contribution in [0.5, 0.6) is 5.75 Å². The Balaban J connectivity index is 2.33. The van der Waals surface area contributed by atoms with Crippen LogP contribution in [-0.4, -0.2) is 17.7 Å². The van der Waals surface area contributed by atoms with Gasteiger partial charge >= 0.3 is 5.97 Å². The minimum absolute atomic E-state index is 0.142. The van der Waals surface area contributed by atoms with E-state index in [1.54, 1.807) is 19.9 Å². The first-order valence-electron chi connectivity index (χ1n) is 9.65. The number of esters is 1. The number of hydrogen-bond donors (Lipinski definition) is 2. The van der Waals surface area contributed by atoms with Crippen molar-refractivity contribution in [2.75, 3.05) is 6.61 Å². The van der Waals surface area contributed by atoms with Gasteiger partial charge in [0.05, 0.1) is 18.8 Å². The number of carbonyl (C=O) groups excluding carboxylic acids is 1. The summed E-state index contributed by atoms with van der Waals surface area (Å²) in [6.07, 6.45) is 1.92. The summed E-state index contributed by atoms with van der Waals surface area (Å²) in [7, 11) is 0. The Kier molecular flexibility index (Phi) is 8.04. The summed E-state index contributed by atoms with van der Waals surface area (Å²) in [5, 5.41) is 10.2. The van der Waals surface area contributed by atoms with Gasteiger partial charge in [-0.3, -0.25) is 4.79 Å². The minimum atomic E-state index is -0.293. The summed E-state index contributed by atoms with van der Waals surface area (Å²) in [4.78, 5) is 12.0. The smallest absolute Gasteiger partial charge is 0.310 e. The molecule has 154 valence electrons. The molecule has 0 saturated heterocycles. The van der Waals surface area contributed by atoms with Gasteiger partial charge < -0.3 is 20.3 Å². The Morgan fingerprint density at radius 1 is 1.17 bits per heavy atom. The number of rotatable bonds is 8. The van der Waals surface area contributed by atoms with Crippen LogP contribution in [0, 0.1) is 6.92 Å². The Morgan fingerprint density at radius 3 is 2.55 bits per heavy atom. The van der Waals surface area contributed by atoms with Crippen LogP contribution in [-0.2, 0) is 22.5 Å². The molecule has 5 heteroatoms. The average Bonchev–Trinajstić information content (AvgIpc) is 2.69. The molecule has 5 nitrogen and oxygen atoms in total. The van der Waals surface area contributed by atoms with E-state index < -0.39 is 0 Å². The van der Waals surface area contributed by atoms with Crippen molar-refractivity contribution in [3.05, 3.63) is 82.3 Å². The predicted octanol–water partition coefficient (Wildman–Crippen LogP) is 4.83. The first kappa shape index (κ1) is 22.2. The maximum absolute atomic E-state index is 12.0. The molecule has 0 bridgehead atoms. The molecule has 0 amide bonds. The van der Waals surface area contributed by atoms with E-state index in [0.717, 1.165) is 22.3 Å². The molecule has 2 aromatic carbocycles. The third-order valence-electron chi connectivity index (χ3n) is 4.48. The van der Waals surface area contributed by atoms with Crippen LogP contribution in [0.2, 0.25) is 0 Å². The zero-order valence-electron chi connectivity index (χ0n) is 17.5. The van der Waals surface area contributed by atoms with E-state index in [1.165, 1.54) is 0 Å². The molecule has 2 aromatic rings. The van der Waals surface area contributed by atoms with Gasteiger partial charge in [0, 0.05) is 17.7 Å². The molecule has 0 radical (unpaired) electrons. The fourth-order valence-electron chi connectivity index (χ4n) is 3.02. The summed E-state index contributed by atoms with van der Waals surface area (Å²) in [5.41, 5.74) is 9.95. The highest BCUT2D eigenvalue weighted by Crippen LogP contribution is 2.27. The number of nitrogens with two attached hydrogens (primary N) is 1. The number of aliphatic hydroxyl groups excluding tert-OH is 1. The molecular weight excluding hydrogens is 366 g/mol. The zero-order chi connectivity index (χ0) is 21.4. The molecule has 0 unspecified atom stereocenters. The number of aliphatic hydroxyl groups is 1. The molecular formula is C24H29NO4. The topological polar surface area (TPSA) is 81.8 Å². The van der Waals surface area contributed by atoms with Gasteiger partial charge in [0.25, 0.3) is 0 Å². The van der Waals surface area contributed by atoms with Crippen molar-refractivity contribution in [1.29, 1.82) is 0 Å². The fraction of sp³-hybridized carbons (Fsp3) is 0.292. The van der Waals surface area contributed by atoms with E-state index >= 15 is 0 Å². The molecule has 0 spiro atoms. The van der Waals surface area contributed by atoms with E-state index in [1.807, 2.05) is 56.3 Å². The standard InChI is InChI=1S/C24H29NO4/c1-5-28-24(27)14-21-16(2)8-6-11-23(21)29-17(3)12-22(18(4)26)20-10-7-9-19(13-20)15-25/h6-13,26H,5,14-15,25H2,1-4H3/b17-12+,22-18-. The van der Waals surface area contributed by atoms with E-state index in [2.05, 4.69) is 0 Å². The van der Waals surface area contributed by atoms with Crippen molar-refractivity contribution in [1.82, 2.24) is 0 Å². The monoisotopic (exact) mass is 395 g/mol. The van der Waals surface area contributed by atoms with Crippen molar-refractivity contribution in [3.63, 3.8) is 0 Å². The van der Waals surface area contributed by atoms with Crippen LogP contribution in [0.15, 0.2) is 60.1 Å². The third kappa shape index (κ3) is 6.22. The molecule has 3 N–H and O–H groups in total. The third-order valence-corrected chi connectivity index (χ3v) is 4.48. The minimum Gasteiger partial charge on any atom is -0.512 e. The second-order valence-electron chi connectivity index (χ2n) is 6.79. The Labute approximate surface area is 172 Å². The van der Waals surface area contributed by atoms with Crippen molar-refractivity contribution in [2.45, 2.75) is 40.7 Å².